The van der Waals surface area contributed by atoms with Crippen LogP contribution in [0.4, 0.5) is 5.69 Å². The number of carbonyl (C=O) groups excluding carboxylic acids is 1. The minimum Gasteiger partial charge on any atom is -0.323 e. The first-order valence-electron chi connectivity index (χ1n) is 6.32. The second kappa shape index (κ2) is 6.50. The lowest BCUT2D eigenvalue weighted by molar-refractivity contribution is -0.695. The van der Waals surface area contributed by atoms with Crippen LogP contribution in [0.2, 0.25) is 0 Å². The molecule has 0 bridgehead atoms. The lowest BCUT2D eigenvalue weighted by Crippen LogP contribution is -2.34. The van der Waals surface area contributed by atoms with Crippen LogP contribution in [0.3, 0.4) is 0 Å². The maximum Gasteiger partial charge on any atom is 0.248 e. The number of hydrogen-bond acceptors (Lipinski definition) is 1. The Hall–Kier alpha value is -2.42. The lowest BCUT2D eigenvalue weighted by atomic mass is 10.3. The maximum atomic E-state index is 11.8. The van der Waals surface area contributed by atoms with E-state index in [4.69, 9.17) is 0 Å². The van der Waals surface area contributed by atoms with Crippen molar-refractivity contribution < 1.29 is 9.36 Å². The summed E-state index contributed by atoms with van der Waals surface area (Å²) in [6, 6.07) is 15.3. The molecule has 3 nitrogen and oxygen atoms in total. The number of para-hydroxylation sites is 1. The third kappa shape index (κ3) is 3.78. The molecule has 3 heteroatoms. The number of anilines is 1. The summed E-state index contributed by atoms with van der Waals surface area (Å²) in [7, 11) is 0. The first-order valence-corrected chi connectivity index (χ1v) is 6.32. The van der Waals surface area contributed by atoms with Gasteiger partial charge >= 0.3 is 0 Å². The number of nitrogens with one attached hydrogen (secondary N) is 1. The first kappa shape index (κ1) is 13.0. The van der Waals surface area contributed by atoms with E-state index in [9.17, 15) is 4.79 Å². The Bertz CT molecular complexity index is 576. The zero-order valence-electron chi connectivity index (χ0n) is 10.9. The molecule has 1 aromatic heterocycles. The smallest absolute Gasteiger partial charge is 0.248 e. The van der Waals surface area contributed by atoms with Crippen molar-refractivity contribution in [1.82, 2.24) is 0 Å². The Balaban J connectivity index is 2.04. The zero-order chi connectivity index (χ0) is 13.5. The standard InChI is InChI=1S/C16H16N2O/c1-2-18-13-7-6-10-15(18)11-12-16(19)17-14-8-4-3-5-9-14/h3-13H,2H2,1H3/p+1. The van der Waals surface area contributed by atoms with E-state index in [0.717, 1.165) is 17.9 Å². The highest BCUT2D eigenvalue weighted by molar-refractivity contribution is 6.01. The summed E-state index contributed by atoms with van der Waals surface area (Å²) in [5, 5.41) is 2.81. The third-order valence-corrected chi connectivity index (χ3v) is 2.76. The van der Waals surface area contributed by atoms with E-state index < -0.39 is 0 Å². The predicted octanol–water partition coefficient (Wildman–Crippen LogP) is 2.65. The van der Waals surface area contributed by atoms with Gasteiger partial charge in [0.25, 0.3) is 0 Å². The van der Waals surface area contributed by atoms with Crippen LogP contribution >= 0.6 is 0 Å². The van der Waals surface area contributed by atoms with Gasteiger partial charge in [-0.15, -0.1) is 0 Å². The van der Waals surface area contributed by atoms with E-state index in [1.807, 2.05) is 60.8 Å². The van der Waals surface area contributed by atoms with E-state index in [-0.39, 0.29) is 5.91 Å². The minimum atomic E-state index is -0.127. The summed E-state index contributed by atoms with van der Waals surface area (Å²) in [4.78, 5) is 11.8. The molecule has 0 fully saturated rings. The second-order valence-corrected chi connectivity index (χ2v) is 4.10. The van der Waals surface area contributed by atoms with Gasteiger partial charge in [0.15, 0.2) is 6.20 Å². The number of aromatic nitrogens is 1. The van der Waals surface area contributed by atoms with Gasteiger partial charge in [-0.1, -0.05) is 18.2 Å². The van der Waals surface area contributed by atoms with Gasteiger partial charge in [-0.25, -0.2) is 0 Å². The summed E-state index contributed by atoms with van der Waals surface area (Å²) in [6.45, 7) is 2.95. The normalized spacial score (nSPS) is 10.6. The fraction of sp³-hybridized carbons (Fsp3) is 0.125. The van der Waals surface area contributed by atoms with Crippen LogP contribution in [0.5, 0.6) is 0 Å². The van der Waals surface area contributed by atoms with E-state index in [1.165, 1.54) is 0 Å². The molecule has 0 spiro atoms. The number of carbonyl (C=O) groups is 1. The Morgan fingerprint density at radius 1 is 1.16 bits per heavy atom. The largest absolute Gasteiger partial charge is 0.323 e. The SMILES string of the molecule is CC[n+]1ccccc1C=CC(=O)Nc1ccccc1. The van der Waals surface area contributed by atoms with Gasteiger partial charge < -0.3 is 5.32 Å². The van der Waals surface area contributed by atoms with Crippen LogP contribution in [0.1, 0.15) is 12.6 Å². The number of pyridine rings is 1. The van der Waals surface area contributed by atoms with Crippen LogP contribution in [0.15, 0.2) is 60.8 Å². The highest BCUT2D eigenvalue weighted by Crippen LogP contribution is 2.05. The molecule has 0 saturated heterocycles. The average molecular weight is 253 g/mol. The monoisotopic (exact) mass is 253 g/mol. The molecule has 1 amide bonds. The van der Waals surface area contributed by atoms with Crippen LogP contribution < -0.4 is 9.88 Å². The zero-order valence-corrected chi connectivity index (χ0v) is 10.9. The molecule has 1 heterocycles. The molecular formula is C16H17N2O+. The van der Waals surface area contributed by atoms with Crippen molar-refractivity contribution in [3.05, 3.63) is 66.5 Å². The summed E-state index contributed by atoms with van der Waals surface area (Å²) in [5.74, 6) is -0.127. The predicted molar refractivity (Wildman–Crippen MR) is 76.4 cm³/mol. The molecule has 0 aliphatic rings. The molecule has 19 heavy (non-hydrogen) atoms. The molecule has 0 aliphatic carbocycles. The van der Waals surface area contributed by atoms with E-state index >= 15 is 0 Å². The van der Waals surface area contributed by atoms with Crippen molar-refractivity contribution in [3.8, 4) is 0 Å². The second-order valence-electron chi connectivity index (χ2n) is 4.10. The highest BCUT2D eigenvalue weighted by atomic mass is 16.1. The van der Waals surface area contributed by atoms with Gasteiger partial charge in [0.1, 0.15) is 6.54 Å². The van der Waals surface area contributed by atoms with Crippen molar-refractivity contribution >= 4 is 17.7 Å². The molecule has 0 saturated carbocycles. The molecule has 1 aromatic carbocycles. The van der Waals surface area contributed by atoms with Crippen molar-refractivity contribution in [3.63, 3.8) is 0 Å². The number of aryl methyl sites for hydroxylation is 1. The molecule has 1 N–H and O–H groups in total. The fourth-order valence-corrected chi connectivity index (χ4v) is 1.80. The number of hydrogen-bond donors (Lipinski definition) is 1. The Labute approximate surface area is 113 Å². The number of nitrogens with zero attached hydrogens (tertiary/aromatic N) is 1. The molecule has 0 aliphatic heterocycles. The highest BCUT2D eigenvalue weighted by Gasteiger charge is 2.03. The number of rotatable bonds is 4. The van der Waals surface area contributed by atoms with Gasteiger partial charge in [-0.2, -0.15) is 4.57 Å². The first-order chi connectivity index (χ1) is 9.29. The van der Waals surface area contributed by atoms with Crippen LogP contribution in [0.25, 0.3) is 6.08 Å². The van der Waals surface area contributed by atoms with Crippen molar-refractivity contribution in [2.24, 2.45) is 0 Å². The fourth-order valence-electron chi connectivity index (χ4n) is 1.80. The Morgan fingerprint density at radius 2 is 1.89 bits per heavy atom. The van der Waals surface area contributed by atoms with Crippen LogP contribution in [-0.2, 0) is 11.3 Å². The molecule has 2 rings (SSSR count). The quantitative estimate of drug-likeness (QED) is 0.659. The average Bonchev–Trinajstić information content (AvgIpc) is 2.46. The van der Waals surface area contributed by atoms with Crippen molar-refractivity contribution in [1.29, 1.82) is 0 Å². The topological polar surface area (TPSA) is 33.0 Å². The number of benzene rings is 1. The van der Waals surface area contributed by atoms with Gasteiger partial charge in [0.2, 0.25) is 11.6 Å². The van der Waals surface area contributed by atoms with Crippen LogP contribution in [-0.4, -0.2) is 5.91 Å². The Morgan fingerprint density at radius 3 is 2.63 bits per heavy atom. The molecule has 96 valence electrons. The summed E-state index contributed by atoms with van der Waals surface area (Å²) >= 11 is 0. The number of amides is 1. The molecule has 0 atom stereocenters. The summed E-state index contributed by atoms with van der Waals surface area (Å²) in [6.07, 6.45) is 5.37. The van der Waals surface area contributed by atoms with E-state index in [0.29, 0.717) is 0 Å². The Kier molecular flexibility index (Phi) is 4.45. The molecular weight excluding hydrogens is 236 g/mol. The van der Waals surface area contributed by atoms with Gasteiger partial charge in [0.05, 0.1) is 0 Å². The molecule has 2 aromatic rings. The molecule has 0 radical (unpaired) electrons. The lowest BCUT2D eigenvalue weighted by Gasteiger charge is -2.00. The maximum absolute atomic E-state index is 11.8. The van der Waals surface area contributed by atoms with E-state index in [2.05, 4.69) is 16.8 Å². The minimum absolute atomic E-state index is 0.127. The van der Waals surface area contributed by atoms with E-state index in [1.54, 1.807) is 6.08 Å². The van der Waals surface area contributed by atoms with Crippen LogP contribution in [0, 0.1) is 0 Å². The van der Waals surface area contributed by atoms with Crippen molar-refractivity contribution in [2.75, 3.05) is 5.32 Å². The van der Waals surface area contributed by atoms with Gasteiger partial charge in [-0.05, 0) is 25.1 Å². The summed E-state index contributed by atoms with van der Waals surface area (Å²) in [5.41, 5.74) is 1.81. The third-order valence-electron chi connectivity index (χ3n) is 2.76. The van der Waals surface area contributed by atoms with Gasteiger partial charge in [0, 0.05) is 30.0 Å². The summed E-state index contributed by atoms with van der Waals surface area (Å²) < 4.78 is 2.08. The molecule has 0 unspecified atom stereocenters. The van der Waals surface area contributed by atoms with Gasteiger partial charge in [-0.3, -0.25) is 4.79 Å². The van der Waals surface area contributed by atoms with Crippen molar-refractivity contribution in [2.45, 2.75) is 13.5 Å².